The van der Waals surface area contributed by atoms with E-state index in [2.05, 4.69) is 15.5 Å². The van der Waals surface area contributed by atoms with Crippen LogP contribution in [0, 0.1) is 10.3 Å². The van der Waals surface area contributed by atoms with Crippen molar-refractivity contribution in [3.63, 3.8) is 0 Å². The molecule has 100 valence electrons. The lowest BCUT2D eigenvalue weighted by Gasteiger charge is -2.36. The van der Waals surface area contributed by atoms with Gasteiger partial charge in [-0.1, -0.05) is 19.3 Å². The highest BCUT2D eigenvalue weighted by Gasteiger charge is 2.33. The lowest BCUT2D eigenvalue weighted by Crippen LogP contribution is -2.40. The molecule has 7 heteroatoms. The second kappa shape index (κ2) is 5.51. The Morgan fingerprint density at radius 3 is 2.78 bits per heavy atom. The molecule has 6 nitrogen and oxygen atoms in total. The molecule has 18 heavy (non-hydrogen) atoms. The number of hydrogen-bond acceptors (Lipinski definition) is 4. The quantitative estimate of drug-likeness (QED) is 0.732. The Morgan fingerprint density at radius 1 is 1.50 bits per heavy atom. The molecule has 0 saturated heterocycles. The molecule has 0 radical (unpaired) electrons. The van der Waals surface area contributed by atoms with Gasteiger partial charge in [0.15, 0.2) is 0 Å². The number of rotatable bonds is 4. The Hall–Kier alpha value is -1.37. The van der Waals surface area contributed by atoms with Crippen molar-refractivity contribution in [1.29, 1.82) is 0 Å². The second-order valence-electron chi connectivity index (χ2n) is 4.92. The summed E-state index contributed by atoms with van der Waals surface area (Å²) in [6.45, 7) is 0.454. The average Bonchev–Trinajstić information content (AvgIpc) is 2.73. The minimum absolute atomic E-state index is 0.0637. The Balaban J connectivity index is 2.08. The maximum atomic E-state index is 10.7. The Bertz CT molecular complexity index is 462. The van der Waals surface area contributed by atoms with Crippen LogP contribution in [0.4, 0.5) is 4.79 Å². The van der Waals surface area contributed by atoms with E-state index in [4.69, 9.17) is 21.8 Å². The predicted octanol–water partition coefficient (Wildman–Crippen LogP) is 2.49. The number of hydrogen-bond donors (Lipinski definition) is 3. The molecule has 0 aromatic carbocycles. The van der Waals surface area contributed by atoms with Gasteiger partial charge in [-0.15, -0.1) is 0 Å². The highest BCUT2D eigenvalue weighted by molar-refractivity contribution is 7.71. The summed E-state index contributed by atoms with van der Waals surface area (Å²) in [7, 11) is 0. The fourth-order valence-electron chi connectivity index (χ4n) is 2.67. The highest BCUT2D eigenvalue weighted by atomic mass is 32.1. The Morgan fingerprint density at radius 2 is 2.22 bits per heavy atom. The van der Waals surface area contributed by atoms with Gasteiger partial charge in [0, 0.05) is 13.0 Å². The summed E-state index contributed by atoms with van der Waals surface area (Å²) in [5.41, 5.74) is -0.0637. The summed E-state index contributed by atoms with van der Waals surface area (Å²) in [4.78, 5) is 15.0. The van der Waals surface area contributed by atoms with Crippen LogP contribution in [0.25, 0.3) is 0 Å². The van der Waals surface area contributed by atoms with E-state index in [-0.39, 0.29) is 10.3 Å². The van der Waals surface area contributed by atoms with Crippen LogP contribution in [0.3, 0.4) is 0 Å². The molecule has 1 aliphatic rings. The van der Waals surface area contributed by atoms with Crippen molar-refractivity contribution in [1.82, 2.24) is 15.5 Å². The number of carbonyl (C=O) groups is 1. The number of aromatic amines is 1. The van der Waals surface area contributed by atoms with Crippen LogP contribution in [0.1, 0.15) is 37.9 Å². The van der Waals surface area contributed by atoms with Gasteiger partial charge in [0.05, 0.1) is 0 Å². The summed E-state index contributed by atoms with van der Waals surface area (Å²) in [6.07, 6.45) is 5.16. The van der Waals surface area contributed by atoms with Crippen molar-refractivity contribution >= 4 is 18.3 Å². The molecular weight excluding hydrogens is 254 g/mol. The van der Waals surface area contributed by atoms with Crippen molar-refractivity contribution in [2.75, 3.05) is 6.54 Å². The highest BCUT2D eigenvalue weighted by Crippen LogP contribution is 2.38. The van der Waals surface area contributed by atoms with Crippen molar-refractivity contribution in [2.45, 2.75) is 38.5 Å². The van der Waals surface area contributed by atoms with E-state index in [0.29, 0.717) is 18.8 Å². The van der Waals surface area contributed by atoms with Crippen LogP contribution in [0.15, 0.2) is 4.52 Å². The molecule has 1 aromatic rings. The van der Waals surface area contributed by atoms with E-state index in [1.54, 1.807) is 0 Å². The van der Waals surface area contributed by atoms with Gasteiger partial charge in [0.1, 0.15) is 5.82 Å². The predicted molar refractivity (Wildman–Crippen MR) is 66.9 cm³/mol. The molecule has 0 aliphatic heterocycles. The molecule has 0 unspecified atom stereocenters. The first-order valence-electron chi connectivity index (χ1n) is 6.11. The van der Waals surface area contributed by atoms with E-state index < -0.39 is 6.09 Å². The van der Waals surface area contributed by atoms with Crippen molar-refractivity contribution in [2.24, 2.45) is 5.41 Å². The summed E-state index contributed by atoms with van der Waals surface area (Å²) in [6, 6.07) is 0. The molecule has 1 heterocycles. The average molecular weight is 271 g/mol. The third-order valence-electron chi connectivity index (χ3n) is 3.55. The summed E-state index contributed by atoms with van der Waals surface area (Å²) in [5.74, 6) is 0.703. The van der Waals surface area contributed by atoms with Gasteiger partial charge in [-0.05, 0) is 30.5 Å². The van der Waals surface area contributed by atoms with Gasteiger partial charge < -0.3 is 14.9 Å². The summed E-state index contributed by atoms with van der Waals surface area (Å²) >= 11 is 4.82. The lowest BCUT2D eigenvalue weighted by atomic mass is 9.71. The summed E-state index contributed by atoms with van der Waals surface area (Å²) in [5, 5.41) is 14.0. The third-order valence-corrected chi connectivity index (χ3v) is 3.73. The third kappa shape index (κ3) is 3.32. The van der Waals surface area contributed by atoms with Crippen LogP contribution in [-0.4, -0.2) is 27.9 Å². The zero-order chi connectivity index (χ0) is 13.0. The van der Waals surface area contributed by atoms with E-state index in [1.165, 1.54) is 6.42 Å². The molecule has 1 fully saturated rings. The first kappa shape index (κ1) is 13.1. The van der Waals surface area contributed by atoms with Gasteiger partial charge in [-0.3, -0.25) is 0 Å². The molecular formula is C11H17N3O3S. The van der Waals surface area contributed by atoms with Gasteiger partial charge in [-0.25, -0.2) is 9.95 Å². The van der Waals surface area contributed by atoms with Crippen LogP contribution in [0.5, 0.6) is 0 Å². The van der Waals surface area contributed by atoms with Crippen molar-refractivity contribution in [3.8, 4) is 0 Å². The van der Waals surface area contributed by atoms with E-state index in [9.17, 15) is 4.79 Å². The largest absolute Gasteiger partial charge is 0.465 e. The van der Waals surface area contributed by atoms with Gasteiger partial charge in [0.2, 0.25) is 0 Å². The lowest BCUT2D eigenvalue weighted by molar-refractivity contribution is 0.157. The fraction of sp³-hybridized carbons (Fsp3) is 0.727. The normalized spacial score (nSPS) is 18.4. The van der Waals surface area contributed by atoms with Gasteiger partial charge >= 0.3 is 10.9 Å². The number of carboxylic acid groups (broad SMARTS) is 1. The molecule has 1 amide bonds. The van der Waals surface area contributed by atoms with Crippen LogP contribution >= 0.6 is 12.2 Å². The standard InChI is InChI=1S/C11H17N3O3S/c15-9(16)12-7-11(4-2-1-3-5-11)6-8-13-10(18)17-14-8/h12H,1-7H2,(H,15,16)(H,13,14,18). The van der Waals surface area contributed by atoms with Crippen LogP contribution in [0.2, 0.25) is 0 Å². The van der Waals surface area contributed by atoms with Gasteiger partial charge in [0.25, 0.3) is 0 Å². The fourth-order valence-corrected chi connectivity index (χ4v) is 2.82. The number of aromatic nitrogens is 2. The Labute approximate surface area is 110 Å². The maximum Gasteiger partial charge on any atom is 0.404 e. The van der Waals surface area contributed by atoms with Crippen LogP contribution in [-0.2, 0) is 6.42 Å². The number of nitrogens with zero attached hydrogens (tertiary/aromatic N) is 1. The summed E-state index contributed by atoms with van der Waals surface area (Å²) < 4.78 is 4.92. The molecule has 2 rings (SSSR count). The number of H-pyrrole nitrogens is 1. The maximum absolute atomic E-state index is 10.7. The minimum Gasteiger partial charge on any atom is -0.465 e. The molecule has 0 bridgehead atoms. The molecule has 1 aliphatic carbocycles. The number of nitrogens with one attached hydrogen (secondary N) is 2. The molecule has 0 spiro atoms. The zero-order valence-electron chi connectivity index (χ0n) is 10.1. The SMILES string of the molecule is O=C(O)NCC1(Cc2nc(=S)o[nH]2)CCCCC1. The Kier molecular flexibility index (Phi) is 4.00. The van der Waals surface area contributed by atoms with Gasteiger partial charge in [-0.2, -0.15) is 4.98 Å². The minimum atomic E-state index is -0.979. The second-order valence-corrected chi connectivity index (χ2v) is 5.27. The van der Waals surface area contributed by atoms with E-state index in [1.807, 2.05) is 0 Å². The smallest absolute Gasteiger partial charge is 0.404 e. The van der Waals surface area contributed by atoms with Crippen LogP contribution < -0.4 is 5.32 Å². The number of amides is 1. The monoisotopic (exact) mass is 271 g/mol. The molecule has 0 atom stereocenters. The molecule has 1 saturated carbocycles. The molecule has 1 aromatic heterocycles. The first-order valence-corrected chi connectivity index (χ1v) is 6.52. The van der Waals surface area contributed by atoms with Crippen molar-refractivity contribution < 1.29 is 14.4 Å². The zero-order valence-corrected chi connectivity index (χ0v) is 10.9. The van der Waals surface area contributed by atoms with E-state index >= 15 is 0 Å². The first-order chi connectivity index (χ1) is 8.60. The van der Waals surface area contributed by atoms with Crippen molar-refractivity contribution in [3.05, 3.63) is 10.7 Å². The van der Waals surface area contributed by atoms with E-state index in [0.717, 1.165) is 25.7 Å². The topological polar surface area (TPSA) is 91.2 Å². The molecule has 3 N–H and O–H groups in total.